The van der Waals surface area contributed by atoms with Crippen LogP contribution in [-0.4, -0.2) is 36.4 Å². The maximum atomic E-state index is 13.3. The lowest BCUT2D eigenvalue weighted by atomic mass is 10.1. The predicted molar refractivity (Wildman–Crippen MR) is 77.9 cm³/mol. The van der Waals surface area contributed by atoms with E-state index in [9.17, 15) is 35.9 Å². The van der Waals surface area contributed by atoms with E-state index in [1.807, 2.05) is 0 Å². The average molecular weight is 405 g/mol. The molecule has 26 heavy (non-hydrogen) atoms. The summed E-state index contributed by atoms with van der Waals surface area (Å²) in [6.07, 6.45) is -10.8. The first-order valence-electron chi connectivity index (χ1n) is 7.00. The molecule has 0 N–H and O–H groups in total. The Morgan fingerprint density at radius 3 is 1.77 bits per heavy atom. The average Bonchev–Trinajstić information content (AvgIpc) is 2.51. The Hall–Kier alpha value is -1.98. The molecule has 0 aliphatic rings. The van der Waals surface area contributed by atoms with E-state index < -0.39 is 51.7 Å². The van der Waals surface area contributed by atoms with E-state index in [1.54, 1.807) is 0 Å². The lowest BCUT2D eigenvalue weighted by Gasteiger charge is -2.20. The van der Waals surface area contributed by atoms with Crippen molar-refractivity contribution in [1.82, 2.24) is 4.98 Å². The van der Waals surface area contributed by atoms with Gasteiger partial charge in [0.25, 0.3) is 0 Å². The van der Waals surface area contributed by atoms with E-state index in [-0.39, 0.29) is 12.4 Å². The van der Waals surface area contributed by atoms with Crippen LogP contribution in [0.15, 0.2) is 4.90 Å². The number of carbonyl (C=O) groups is 2. The SMILES string of the molecule is CCOC(=O)c1c(C(F)(F)F)nc(C(F)(F)F)c(C(=O)OC)c1SCC. The number of thioether (sulfide) groups is 1. The van der Waals surface area contributed by atoms with Gasteiger partial charge in [-0.1, -0.05) is 6.92 Å². The molecule has 0 radical (unpaired) electrons. The molecule has 0 aromatic carbocycles. The van der Waals surface area contributed by atoms with Crippen LogP contribution >= 0.6 is 11.8 Å². The Kier molecular flexibility index (Phi) is 6.91. The molecule has 1 rings (SSSR count). The first-order valence-corrected chi connectivity index (χ1v) is 7.99. The maximum Gasteiger partial charge on any atom is 0.434 e. The molecule has 0 unspecified atom stereocenters. The largest absolute Gasteiger partial charge is 0.465 e. The van der Waals surface area contributed by atoms with Gasteiger partial charge in [-0.2, -0.15) is 26.3 Å². The molecular weight excluding hydrogens is 392 g/mol. The van der Waals surface area contributed by atoms with Crippen LogP contribution in [0.3, 0.4) is 0 Å². The quantitative estimate of drug-likeness (QED) is 0.416. The number of hydrogen-bond donors (Lipinski definition) is 0. The number of methoxy groups -OCH3 is 1. The molecule has 0 saturated heterocycles. The van der Waals surface area contributed by atoms with Gasteiger partial charge in [0.1, 0.15) is 11.1 Å². The summed E-state index contributed by atoms with van der Waals surface area (Å²) in [5.41, 5.74) is -6.67. The van der Waals surface area contributed by atoms with Gasteiger partial charge in [0.2, 0.25) is 0 Å². The van der Waals surface area contributed by atoms with Crippen molar-refractivity contribution in [3.8, 4) is 0 Å². The number of carbonyl (C=O) groups excluding carboxylic acids is 2. The van der Waals surface area contributed by atoms with Crippen LogP contribution in [0.4, 0.5) is 26.3 Å². The maximum absolute atomic E-state index is 13.3. The first kappa shape index (κ1) is 22.1. The minimum absolute atomic E-state index is 0.0327. The van der Waals surface area contributed by atoms with Gasteiger partial charge in [-0.15, -0.1) is 11.8 Å². The Bertz CT molecular complexity index is 702. The molecule has 1 aromatic rings. The number of esters is 2. The third-order valence-electron chi connectivity index (χ3n) is 2.85. The second-order valence-corrected chi connectivity index (χ2v) is 5.80. The monoisotopic (exact) mass is 405 g/mol. The summed E-state index contributed by atoms with van der Waals surface area (Å²) in [6.45, 7) is 2.39. The summed E-state index contributed by atoms with van der Waals surface area (Å²) < 4.78 is 88.4. The summed E-state index contributed by atoms with van der Waals surface area (Å²) in [6, 6.07) is 0. The number of pyridine rings is 1. The molecule has 0 saturated carbocycles. The van der Waals surface area contributed by atoms with Crippen molar-refractivity contribution in [2.45, 2.75) is 31.1 Å². The fraction of sp³-hybridized carbons (Fsp3) is 0.500. The molecule has 0 spiro atoms. The lowest BCUT2D eigenvalue weighted by molar-refractivity contribution is -0.151. The highest BCUT2D eigenvalue weighted by Crippen LogP contribution is 2.42. The van der Waals surface area contributed by atoms with Crippen LogP contribution in [0.2, 0.25) is 0 Å². The van der Waals surface area contributed by atoms with E-state index in [0.717, 1.165) is 7.11 Å². The summed E-state index contributed by atoms with van der Waals surface area (Å²) >= 11 is 0.445. The molecule has 0 atom stereocenters. The zero-order chi connectivity index (χ0) is 20.3. The van der Waals surface area contributed by atoms with Crippen molar-refractivity contribution in [3.63, 3.8) is 0 Å². The first-order chi connectivity index (χ1) is 11.9. The molecule has 0 fully saturated rings. The number of aromatic nitrogens is 1. The van der Waals surface area contributed by atoms with Crippen molar-refractivity contribution in [2.24, 2.45) is 0 Å². The smallest absolute Gasteiger partial charge is 0.434 e. The molecule has 146 valence electrons. The van der Waals surface area contributed by atoms with Gasteiger partial charge >= 0.3 is 24.3 Å². The highest BCUT2D eigenvalue weighted by molar-refractivity contribution is 7.99. The topological polar surface area (TPSA) is 65.5 Å². The van der Waals surface area contributed by atoms with Crippen LogP contribution in [0.1, 0.15) is 46.0 Å². The molecule has 0 amide bonds. The molecule has 1 aromatic heterocycles. The molecule has 5 nitrogen and oxygen atoms in total. The highest BCUT2D eigenvalue weighted by Gasteiger charge is 2.47. The number of hydrogen-bond acceptors (Lipinski definition) is 6. The fourth-order valence-corrected chi connectivity index (χ4v) is 2.88. The summed E-state index contributed by atoms with van der Waals surface area (Å²) in [5.74, 6) is -3.14. The Balaban J connectivity index is 4.08. The van der Waals surface area contributed by atoms with Crippen molar-refractivity contribution in [1.29, 1.82) is 0 Å². The molecular formula is C14H13F6NO4S. The lowest BCUT2D eigenvalue weighted by Crippen LogP contribution is -2.26. The minimum Gasteiger partial charge on any atom is -0.465 e. The van der Waals surface area contributed by atoms with E-state index in [2.05, 4.69) is 14.5 Å². The number of alkyl halides is 6. The Labute approximate surface area is 148 Å². The number of rotatable bonds is 5. The van der Waals surface area contributed by atoms with E-state index in [1.165, 1.54) is 13.8 Å². The fourth-order valence-electron chi connectivity index (χ4n) is 1.95. The number of ether oxygens (including phenoxy) is 2. The van der Waals surface area contributed by atoms with Gasteiger partial charge in [-0.05, 0) is 12.7 Å². The highest BCUT2D eigenvalue weighted by atomic mass is 32.2. The van der Waals surface area contributed by atoms with Gasteiger partial charge in [0, 0.05) is 4.90 Å². The molecule has 1 heterocycles. The third kappa shape index (κ3) is 4.59. The van der Waals surface area contributed by atoms with Crippen LogP contribution in [-0.2, 0) is 21.8 Å². The van der Waals surface area contributed by atoms with Gasteiger partial charge in [0.05, 0.1) is 13.7 Å². The molecule has 0 aliphatic carbocycles. The summed E-state index contributed by atoms with van der Waals surface area (Å²) in [5, 5.41) is 0. The zero-order valence-electron chi connectivity index (χ0n) is 13.7. The zero-order valence-corrected chi connectivity index (χ0v) is 14.5. The number of halogens is 6. The third-order valence-corrected chi connectivity index (χ3v) is 3.83. The van der Waals surface area contributed by atoms with Crippen LogP contribution in [0, 0.1) is 0 Å². The minimum atomic E-state index is -5.39. The molecule has 0 aliphatic heterocycles. The molecule has 0 bridgehead atoms. The van der Waals surface area contributed by atoms with Crippen molar-refractivity contribution in [2.75, 3.05) is 19.5 Å². The predicted octanol–water partition coefficient (Wildman–Crippen LogP) is 4.19. The van der Waals surface area contributed by atoms with Crippen molar-refractivity contribution >= 4 is 23.7 Å². The van der Waals surface area contributed by atoms with Gasteiger partial charge in [0.15, 0.2) is 11.4 Å². The van der Waals surface area contributed by atoms with Crippen molar-refractivity contribution < 1.29 is 45.4 Å². The van der Waals surface area contributed by atoms with Crippen LogP contribution < -0.4 is 0 Å². The van der Waals surface area contributed by atoms with Crippen LogP contribution in [0.25, 0.3) is 0 Å². The summed E-state index contributed by atoms with van der Waals surface area (Å²) in [7, 11) is 0.755. The standard InChI is InChI=1S/C14H13F6NO4S/c1-4-25-12(23)7-8(26-5-2)6(11(22)24-3)9(13(15,16)17)21-10(7)14(18,19)20/h4-5H2,1-3H3. The van der Waals surface area contributed by atoms with Gasteiger partial charge < -0.3 is 9.47 Å². The van der Waals surface area contributed by atoms with E-state index in [4.69, 9.17) is 0 Å². The van der Waals surface area contributed by atoms with Crippen LogP contribution in [0.5, 0.6) is 0 Å². The molecule has 12 heteroatoms. The Morgan fingerprint density at radius 1 is 0.962 bits per heavy atom. The Morgan fingerprint density at radius 2 is 1.42 bits per heavy atom. The second-order valence-electron chi connectivity index (χ2n) is 4.53. The second kappa shape index (κ2) is 8.14. The van der Waals surface area contributed by atoms with Gasteiger partial charge in [-0.25, -0.2) is 14.6 Å². The van der Waals surface area contributed by atoms with E-state index >= 15 is 0 Å². The normalized spacial score (nSPS) is 12.0. The summed E-state index contributed by atoms with van der Waals surface area (Å²) in [4.78, 5) is 25.6. The number of nitrogens with zero attached hydrogens (tertiary/aromatic N) is 1. The van der Waals surface area contributed by atoms with Crippen molar-refractivity contribution in [3.05, 3.63) is 22.5 Å². The van der Waals surface area contributed by atoms with E-state index in [0.29, 0.717) is 11.8 Å². The van der Waals surface area contributed by atoms with Gasteiger partial charge in [-0.3, -0.25) is 0 Å².